The lowest BCUT2D eigenvalue weighted by molar-refractivity contribution is -0.117. The number of anilines is 1. The van der Waals surface area contributed by atoms with Crippen LogP contribution in [0, 0.1) is 20.8 Å². The number of carbonyl (C=O) groups is 1. The van der Waals surface area contributed by atoms with Gasteiger partial charge in [-0.3, -0.25) is 9.59 Å². The van der Waals surface area contributed by atoms with Crippen LogP contribution in [0.4, 0.5) is 5.69 Å². The Morgan fingerprint density at radius 3 is 2.58 bits per heavy atom. The van der Waals surface area contributed by atoms with Crippen LogP contribution in [0.5, 0.6) is 11.5 Å². The van der Waals surface area contributed by atoms with E-state index < -0.39 is 11.5 Å². The predicted molar refractivity (Wildman–Crippen MR) is 129 cm³/mol. The topological polar surface area (TPSA) is 95.3 Å². The normalized spacial score (nSPS) is 10.9. The van der Waals surface area contributed by atoms with Crippen LogP contribution >= 0.6 is 11.3 Å². The minimum Gasteiger partial charge on any atom is -0.497 e. The first-order chi connectivity index (χ1) is 15.8. The molecule has 0 atom stereocenters. The van der Waals surface area contributed by atoms with Crippen molar-refractivity contribution in [3.05, 3.63) is 62.9 Å². The number of nitrogens with zero attached hydrogens (tertiary/aromatic N) is 3. The molecule has 2 aromatic carbocycles. The molecule has 1 amide bonds. The van der Waals surface area contributed by atoms with E-state index in [-0.39, 0.29) is 6.54 Å². The number of methoxy groups -OCH3 is 2. The van der Waals surface area contributed by atoms with Crippen molar-refractivity contribution in [2.45, 2.75) is 27.3 Å². The summed E-state index contributed by atoms with van der Waals surface area (Å²) in [4.78, 5) is 30.3. The molecule has 9 heteroatoms. The Morgan fingerprint density at radius 1 is 1.09 bits per heavy atom. The lowest BCUT2D eigenvalue weighted by Gasteiger charge is -2.13. The minimum absolute atomic E-state index is 0.265. The van der Waals surface area contributed by atoms with E-state index in [9.17, 15) is 9.59 Å². The Hall–Kier alpha value is -3.72. The van der Waals surface area contributed by atoms with Crippen molar-refractivity contribution in [1.82, 2.24) is 14.8 Å². The van der Waals surface area contributed by atoms with Gasteiger partial charge in [0.15, 0.2) is 5.52 Å². The molecule has 0 saturated heterocycles. The Balaban J connectivity index is 1.73. The van der Waals surface area contributed by atoms with Gasteiger partial charge >= 0.3 is 0 Å². The third-order valence-electron chi connectivity index (χ3n) is 5.22. The quantitative estimate of drug-likeness (QED) is 0.462. The molecule has 1 N–H and O–H groups in total. The lowest BCUT2D eigenvalue weighted by atomic mass is 10.0. The molecule has 8 nitrogen and oxygen atoms in total. The van der Waals surface area contributed by atoms with Gasteiger partial charge in [0.1, 0.15) is 23.7 Å². The number of benzene rings is 2. The summed E-state index contributed by atoms with van der Waals surface area (Å²) in [5.41, 5.74) is 4.10. The van der Waals surface area contributed by atoms with Gasteiger partial charge in [0.25, 0.3) is 5.56 Å². The highest BCUT2D eigenvalue weighted by molar-refractivity contribution is 7.19. The second-order valence-electron chi connectivity index (χ2n) is 7.65. The molecule has 2 aromatic heterocycles. The standard InChI is InChI=1S/C24H24N4O4S/c1-13-6-8-17(14(2)10-13)21-23-22(25-15(3)33-23)24(30)28(27-21)12-20(29)26-18-9-7-16(31-4)11-19(18)32-5/h6-11H,12H2,1-5H3,(H,26,29). The van der Waals surface area contributed by atoms with E-state index in [4.69, 9.17) is 9.47 Å². The third-order valence-corrected chi connectivity index (χ3v) is 6.20. The number of aryl methyl sites for hydroxylation is 3. The van der Waals surface area contributed by atoms with Crippen LogP contribution in [0.15, 0.2) is 41.2 Å². The predicted octanol–water partition coefficient (Wildman–Crippen LogP) is 4.10. The van der Waals surface area contributed by atoms with Gasteiger partial charge < -0.3 is 14.8 Å². The first-order valence-electron chi connectivity index (χ1n) is 10.3. The van der Waals surface area contributed by atoms with Gasteiger partial charge in [-0.05, 0) is 38.5 Å². The van der Waals surface area contributed by atoms with Crippen molar-refractivity contribution in [3.63, 3.8) is 0 Å². The van der Waals surface area contributed by atoms with E-state index in [2.05, 4.69) is 21.5 Å². The van der Waals surface area contributed by atoms with E-state index in [1.165, 1.54) is 23.1 Å². The van der Waals surface area contributed by atoms with Crippen molar-refractivity contribution < 1.29 is 14.3 Å². The molecule has 0 fully saturated rings. The van der Waals surface area contributed by atoms with Crippen LogP contribution in [-0.4, -0.2) is 34.9 Å². The second kappa shape index (κ2) is 9.03. The summed E-state index contributed by atoms with van der Waals surface area (Å²) in [6.07, 6.45) is 0. The average Bonchev–Trinajstić information content (AvgIpc) is 3.18. The number of hydrogen-bond donors (Lipinski definition) is 1. The van der Waals surface area contributed by atoms with Crippen LogP contribution in [0.3, 0.4) is 0 Å². The number of rotatable bonds is 6. The highest BCUT2D eigenvalue weighted by Gasteiger charge is 2.19. The van der Waals surface area contributed by atoms with Crippen LogP contribution in [-0.2, 0) is 11.3 Å². The van der Waals surface area contributed by atoms with Gasteiger partial charge in [0, 0.05) is 11.6 Å². The molecule has 0 aliphatic heterocycles. The molecule has 0 saturated carbocycles. The average molecular weight is 465 g/mol. The fraction of sp³-hybridized carbons (Fsp3) is 0.250. The molecule has 4 aromatic rings. The van der Waals surface area contributed by atoms with Gasteiger partial charge in [-0.2, -0.15) is 5.10 Å². The smallest absolute Gasteiger partial charge is 0.294 e. The van der Waals surface area contributed by atoms with Crippen LogP contribution in [0.25, 0.3) is 21.5 Å². The van der Waals surface area contributed by atoms with Crippen molar-refractivity contribution in [3.8, 4) is 22.8 Å². The zero-order valence-corrected chi connectivity index (χ0v) is 19.9. The Kier molecular flexibility index (Phi) is 6.15. The first kappa shape index (κ1) is 22.5. The fourth-order valence-corrected chi connectivity index (χ4v) is 4.57. The van der Waals surface area contributed by atoms with E-state index in [0.717, 1.165) is 26.4 Å². The zero-order valence-electron chi connectivity index (χ0n) is 19.1. The highest BCUT2D eigenvalue weighted by Crippen LogP contribution is 2.32. The minimum atomic E-state index is -0.411. The summed E-state index contributed by atoms with van der Waals surface area (Å²) in [6, 6.07) is 11.1. The molecule has 0 spiro atoms. The number of hydrogen-bond acceptors (Lipinski definition) is 7. The van der Waals surface area contributed by atoms with Crippen molar-refractivity contribution >= 4 is 33.1 Å². The van der Waals surface area contributed by atoms with Crippen LogP contribution in [0.1, 0.15) is 16.1 Å². The summed E-state index contributed by atoms with van der Waals surface area (Å²) in [7, 11) is 3.06. The summed E-state index contributed by atoms with van der Waals surface area (Å²) < 4.78 is 12.4. The number of nitrogens with one attached hydrogen (secondary N) is 1. The molecule has 0 unspecified atom stereocenters. The number of thiazole rings is 1. The maximum absolute atomic E-state index is 13.1. The summed E-state index contributed by atoms with van der Waals surface area (Å²) in [5.74, 6) is 0.640. The molecule has 33 heavy (non-hydrogen) atoms. The largest absolute Gasteiger partial charge is 0.497 e. The SMILES string of the molecule is COc1ccc(NC(=O)Cn2nc(-c3ccc(C)cc3C)c3sc(C)nc3c2=O)c(OC)c1. The monoisotopic (exact) mass is 464 g/mol. The molecule has 0 bridgehead atoms. The summed E-state index contributed by atoms with van der Waals surface area (Å²) in [6.45, 7) is 5.61. The molecule has 4 rings (SSSR count). The number of ether oxygens (including phenoxy) is 2. The summed E-state index contributed by atoms with van der Waals surface area (Å²) >= 11 is 1.42. The first-order valence-corrected chi connectivity index (χ1v) is 11.1. The number of aromatic nitrogens is 3. The second-order valence-corrected chi connectivity index (χ2v) is 8.86. The van der Waals surface area contributed by atoms with Crippen molar-refractivity contribution in [2.75, 3.05) is 19.5 Å². The molecule has 0 radical (unpaired) electrons. The van der Waals surface area contributed by atoms with E-state index in [1.807, 2.05) is 32.9 Å². The number of carbonyl (C=O) groups excluding carboxylic acids is 1. The molecule has 0 aliphatic carbocycles. The number of amides is 1. The van der Waals surface area contributed by atoms with Gasteiger partial charge in [-0.15, -0.1) is 11.3 Å². The third kappa shape index (κ3) is 4.45. The van der Waals surface area contributed by atoms with Gasteiger partial charge in [-0.25, -0.2) is 9.67 Å². The summed E-state index contributed by atoms with van der Waals surface area (Å²) in [5, 5.41) is 8.14. The molecular weight excluding hydrogens is 440 g/mol. The Morgan fingerprint density at radius 2 is 1.88 bits per heavy atom. The van der Waals surface area contributed by atoms with Crippen LogP contribution in [0.2, 0.25) is 0 Å². The van der Waals surface area contributed by atoms with E-state index in [1.54, 1.807) is 25.3 Å². The maximum atomic E-state index is 13.1. The van der Waals surface area contributed by atoms with Gasteiger partial charge in [0.05, 0.1) is 29.6 Å². The molecular formula is C24H24N4O4S. The van der Waals surface area contributed by atoms with E-state index in [0.29, 0.717) is 28.4 Å². The van der Waals surface area contributed by atoms with Crippen molar-refractivity contribution in [1.29, 1.82) is 0 Å². The Labute approximate surface area is 194 Å². The van der Waals surface area contributed by atoms with Crippen LogP contribution < -0.4 is 20.3 Å². The maximum Gasteiger partial charge on any atom is 0.294 e. The number of fused-ring (bicyclic) bond motifs is 1. The highest BCUT2D eigenvalue weighted by atomic mass is 32.1. The molecule has 170 valence electrons. The van der Waals surface area contributed by atoms with Crippen molar-refractivity contribution in [2.24, 2.45) is 0 Å². The molecule has 0 aliphatic rings. The lowest BCUT2D eigenvalue weighted by Crippen LogP contribution is -2.30. The Bertz CT molecular complexity index is 1420. The van der Waals surface area contributed by atoms with Gasteiger partial charge in [0.2, 0.25) is 5.91 Å². The van der Waals surface area contributed by atoms with Gasteiger partial charge in [-0.1, -0.05) is 23.8 Å². The fourth-order valence-electron chi connectivity index (χ4n) is 3.66. The molecule has 2 heterocycles. The zero-order chi connectivity index (χ0) is 23.7. The van der Waals surface area contributed by atoms with E-state index >= 15 is 0 Å².